The van der Waals surface area contributed by atoms with E-state index in [0.717, 1.165) is 50.8 Å². The van der Waals surface area contributed by atoms with Crippen LogP contribution in [0, 0.1) is 5.82 Å². The SMILES string of the molecule is O=C(NCCN1CCN(c2ccncc2)CC1)N(Cc1ccc(-c2nnc(C(F)F)o2)cc1F)C1=CCCC=C1. The topological polar surface area (TPSA) is 90.6 Å². The maximum absolute atomic E-state index is 15.1. The largest absolute Gasteiger partial charge is 0.415 e. The van der Waals surface area contributed by atoms with Crippen molar-refractivity contribution in [2.24, 2.45) is 0 Å². The van der Waals surface area contributed by atoms with E-state index in [4.69, 9.17) is 4.42 Å². The normalized spacial score (nSPS) is 15.8. The fourth-order valence-corrected chi connectivity index (χ4v) is 4.70. The lowest BCUT2D eigenvalue weighted by molar-refractivity contribution is 0.116. The standard InChI is InChI=1S/C28H30F3N7O2/c29-24-18-20(26-34-35-27(40-26)25(30)31)6-7-21(24)19-38(23-4-2-1-3-5-23)28(39)33-12-13-36-14-16-37(17-15-36)22-8-10-32-11-9-22/h2,4-11,18,25H,1,3,12-17,19H2,(H,33,39). The van der Waals surface area contributed by atoms with Crippen LogP contribution in [0.3, 0.4) is 0 Å². The van der Waals surface area contributed by atoms with Crippen molar-refractivity contribution in [3.05, 3.63) is 83.9 Å². The van der Waals surface area contributed by atoms with Crippen molar-refractivity contribution in [3.8, 4) is 11.5 Å². The van der Waals surface area contributed by atoms with Gasteiger partial charge in [-0.15, -0.1) is 10.2 Å². The molecule has 2 aromatic heterocycles. The van der Waals surface area contributed by atoms with E-state index in [1.165, 1.54) is 17.0 Å². The number of anilines is 1. The van der Waals surface area contributed by atoms with Crippen LogP contribution in [0.2, 0.25) is 0 Å². The van der Waals surface area contributed by atoms with Crippen LogP contribution in [0.1, 0.15) is 30.7 Å². The zero-order valence-electron chi connectivity index (χ0n) is 21.8. The number of nitrogens with zero attached hydrogens (tertiary/aromatic N) is 6. The third-order valence-electron chi connectivity index (χ3n) is 6.89. The van der Waals surface area contributed by atoms with Crippen LogP contribution in [-0.4, -0.2) is 70.3 Å². The van der Waals surface area contributed by atoms with E-state index in [1.807, 2.05) is 30.4 Å². The number of hydrogen-bond acceptors (Lipinski definition) is 7. The molecule has 0 radical (unpaired) electrons. The highest BCUT2D eigenvalue weighted by atomic mass is 19.3. The van der Waals surface area contributed by atoms with Gasteiger partial charge in [0.15, 0.2) is 0 Å². The zero-order chi connectivity index (χ0) is 27.9. The molecular formula is C28H30F3N7O2. The molecule has 40 heavy (non-hydrogen) atoms. The number of alkyl halides is 2. The molecule has 12 heteroatoms. The van der Waals surface area contributed by atoms with Crippen molar-refractivity contribution in [1.82, 2.24) is 30.3 Å². The van der Waals surface area contributed by atoms with Gasteiger partial charge in [0.2, 0.25) is 5.89 Å². The molecule has 1 N–H and O–H groups in total. The van der Waals surface area contributed by atoms with Crippen LogP contribution in [-0.2, 0) is 6.54 Å². The fraction of sp³-hybridized carbons (Fsp3) is 0.357. The average Bonchev–Trinajstić information content (AvgIpc) is 3.49. The van der Waals surface area contributed by atoms with Crippen LogP contribution < -0.4 is 10.2 Å². The predicted octanol–water partition coefficient (Wildman–Crippen LogP) is 4.78. The van der Waals surface area contributed by atoms with Gasteiger partial charge >= 0.3 is 12.5 Å². The number of halogens is 3. The van der Waals surface area contributed by atoms with Crippen LogP contribution in [0.4, 0.5) is 23.7 Å². The van der Waals surface area contributed by atoms with Crippen molar-refractivity contribution in [1.29, 1.82) is 0 Å². The number of carbonyl (C=O) groups excluding carboxylic acids is 1. The predicted molar refractivity (Wildman–Crippen MR) is 143 cm³/mol. The van der Waals surface area contributed by atoms with E-state index < -0.39 is 18.1 Å². The number of urea groups is 1. The van der Waals surface area contributed by atoms with Crippen molar-refractivity contribution < 1.29 is 22.4 Å². The number of pyridine rings is 1. The van der Waals surface area contributed by atoms with Gasteiger partial charge in [0, 0.05) is 74.2 Å². The second-order valence-electron chi connectivity index (χ2n) is 9.51. The highest BCUT2D eigenvalue weighted by Crippen LogP contribution is 2.26. The Hall–Kier alpha value is -4.19. The maximum Gasteiger partial charge on any atom is 0.322 e. The first-order chi connectivity index (χ1) is 19.5. The van der Waals surface area contributed by atoms with Gasteiger partial charge in [-0.05, 0) is 43.2 Å². The Bertz CT molecular complexity index is 1350. The van der Waals surface area contributed by atoms with Gasteiger partial charge in [-0.25, -0.2) is 9.18 Å². The van der Waals surface area contributed by atoms with Gasteiger partial charge in [-0.1, -0.05) is 18.2 Å². The summed E-state index contributed by atoms with van der Waals surface area (Å²) in [6, 6.07) is 7.83. The van der Waals surface area contributed by atoms with Crippen molar-refractivity contribution in [3.63, 3.8) is 0 Å². The van der Waals surface area contributed by atoms with E-state index in [1.54, 1.807) is 12.4 Å². The van der Waals surface area contributed by atoms with Gasteiger partial charge in [-0.3, -0.25) is 14.8 Å². The number of carbonyl (C=O) groups is 1. The number of nitrogens with one attached hydrogen (secondary N) is 1. The Balaban J connectivity index is 1.19. The molecule has 2 aliphatic rings. The molecular weight excluding hydrogens is 523 g/mol. The second kappa shape index (κ2) is 12.8. The first kappa shape index (κ1) is 27.4. The lowest BCUT2D eigenvalue weighted by Gasteiger charge is -2.36. The molecule has 1 fully saturated rings. The van der Waals surface area contributed by atoms with Gasteiger partial charge < -0.3 is 14.6 Å². The monoisotopic (exact) mass is 553 g/mol. The van der Waals surface area contributed by atoms with Crippen molar-refractivity contribution in [2.75, 3.05) is 44.2 Å². The third kappa shape index (κ3) is 6.68. The summed E-state index contributed by atoms with van der Waals surface area (Å²) in [5.74, 6) is -1.64. The van der Waals surface area contributed by atoms with Crippen LogP contribution >= 0.6 is 0 Å². The first-order valence-electron chi connectivity index (χ1n) is 13.2. The molecule has 1 saturated heterocycles. The average molecular weight is 554 g/mol. The lowest BCUT2D eigenvalue weighted by atomic mass is 10.1. The minimum absolute atomic E-state index is 0.00908. The number of rotatable bonds is 9. The number of allylic oxidation sites excluding steroid dienone is 3. The molecule has 0 atom stereocenters. The van der Waals surface area contributed by atoms with E-state index in [9.17, 15) is 13.6 Å². The highest BCUT2D eigenvalue weighted by Gasteiger charge is 2.22. The molecule has 3 heterocycles. The first-order valence-corrected chi connectivity index (χ1v) is 13.2. The van der Waals surface area contributed by atoms with Crippen LogP contribution in [0.5, 0.6) is 0 Å². The Kier molecular flexibility index (Phi) is 8.74. The third-order valence-corrected chi connectivity index (χ3v) is 6.89. The van der Waals surface area contributed by atoms with E-state index >= 15 is 4.39 Å². The van der Waals surface area contributed by atoms with Gasteiger partial charge in [0.1, 0.15) is 5.82 Å². The zero-order valence-corrected chi connectivity index (χ0v) is 21.8. The quantitative estimate of drug-likeness (QED) is 0.408. The van der Waals surface area contributed by atoms with E-state index in [-0.39, 0.29) is 29.6 Å². The number of amides is 2. The number of piperazine rings is 1. The molecule has 0 unspecified atom stereocenters. The molecule has 0 saturated carbocycles. The smallest absolute Gasteiger partial charge is 0.322 e. The summed E-state index contributed by atoms with van der Waals surface area (Å²) in [6.07, 6.45) is 8.12. The Morgan fingerprint density at radius 1 is 1.07 bits per heavy atom. The maximum atomic E-state index is 15.1. The summed E-state index contributed by atoms with van der Waals surface area (Å²) in [6.45, 7) is 4.69. The molecule has 2 amide bonds. The van der Waals surface area contributed by atoms with Crippen molar-refractivity contribution in [2.45, 2.75) is 25.8 Å². The van der Waals surface area contributed by atoms with E-state index in [2.05, 4.69) is 30.3 Å². The molecule has 0 spiro atoms. The lowest BCUT2D eigenvalue weighted by Crippen LogP contribution is -2.49. The van der Waals surface area contributed by atoms with Crippen molar-refractivity contribution >= 4 is 11.7 Å². The fourth-order valence-electron chi connectivity index (χ4n) is 4.70. The number of hydrogen-bond donors (Lipinski definition) is 1. The molecule has 5 rings (SSSR count). The molecule has 1 aromatic carbocycles. The Labute approximate surface area is 230 Å². The molecule has 1 aliphatic carbocycles. The minimum Gasteiger partial charge on any atom is -0.415 e. The Morgan fingerprint density at radius 2 is 1.88 bits per heavy atom. The van der Waals surface area contributed by atoms with Crippen LogP contribution in [0.25, 0.3) is 11.5 Å². The number of aromatic nitrogens is 3. The molecule has 210 valence electrons. The highest BCUT2D eigenvalue weighted by molar-refractivity contribution is 5.77. The summed E-state index contributed by atoms with van der Waals surface area (Å²) in [7, 11) is 0. The summed E-state index contributed by atoms with van der Waals surface area (Å²) in [5.41, 5.74) is 2.29. The van der Waals surface area contributed by atoms with Gasteiger partial charge in [0.05, 0.1) is 6.54 Å². The molecule has 3 aromatic rings. The van der Waals surface area contributed by atoms with Crippen LogP contribution in [0.15, 0.2) is 71.1 Å². The summed E-state index contributed by atoms with van der Waals surface area (Å²) >= 11 is 0. The minimum atomic E-state index is -2.91. The Morgan fingerprint density at radius 3 is 2.55 bits per heavy atom. The van der Waals surface area contributed by atoms with E-state index in [0.29, 0.717) is 18.8 Å². The molecule has 0 bridgehead atoms. The molecule has 9 nitrogen and oxygen atoms in total. The summed E-state index contributed by atoms with van der Waals surface area (Å²) in [4.78, 5) is 23.5. The van der Waals surface area contributed by atoms with Gasteiger partial charge in [-0.2, -0.15) is 8.78 Å². The number of benzene rings is 1. The second-order valence-corrected chi connectivity index (χ2v) is 9.51. The molecule has 1 aliphatic heterocycles. The van der Waals surface area contributed by atoms with Gasteiger partial charge in [0.25, 0.3) is 5.89 Å². The summed E-state index contributed by atoms with van der Waals surface area (Å²) < 4.78 is 45.6. The summed E-state index contributed by atoms with van der Waals surface area (Å²) in [5, 5.41) is 9.83.